The van der Waals surface area contributed by atoms with Gasteiger partial charge in [0.05, 0.1) is 5.69 Å². The van der Waals surface area contributed by atoms with Gasteiger partial charge in [-0.2, -0.15) is 13.2 Å². The molecule has 0 aromatic heterocycles. The number of carbonyl (C=O) groups excluding carboxylic acids is 3. The van der Waals surface area contributed by atoms with Crippen LogP contribution >= 0.6 is 11.6 Å². The summed E-state index contributed by atoms with van der Waals surface area (Å²) in [6.07, 6.45) is -5.29. The summed E-state index contributed by atoms with van der Waals surface area (Å²) in [5.74, 6) is -2.84. The molecule has 6 nitrogen and oxygen atoms in total. The first-order valence-corrected chi connectivity index (χ1v) is 8.31. The SMILES string of the molecule is Cc1ccc(C(=O)N[C@]2(C(F)(F)F)NC(=O)N(c3ccc(Cl)cc3)C2=O)cc1. The van der Waals surface area contributed by atoms with E-state index < -0.39 is 29.7 Å². The zero-order valence-corrected chi connectivity index (χ0v) is 15.1. The van der Waals surface area contributed by atoms with Gasteiger partial charge in [0.1, 0.15) is 0 Å². The molecule has 4 amide bonds. The third kappa shape index (κ3) is 3.29. The molecule has 0 bridgehead atoms. The number of nitrogens with zero attached hydrogens (tertiary/aromatic N) is 1. The second-order valence-electron chi connectivity index (χ2n) is 6.12. The van der Waals surface area contributed by atoms with Crippen LogP contribution in [0.25, 0.3) is 0 Å². The molecule has 0 radical (unpaired) electrons. The Morgan fingerprint density at radius 3 is 2.18 bits per heavy atom. The van der Waals surface area contributed by atoms with Crippen molar-refractivity contribution in [1.82, 2.24) is 10.6 Å². The zero-order chi connectivity index (χ0) is 20.7. The minimum Gasteiger partial charge on any atom is -0.314 e. The van der Waals surface area contributed by atoms with Crippen LogP contribution in [0.1, 0.15) is 15.9 Å². The van der Waals surface area contributed by atoms with E-state index in [2.05, 4.69) is 0 Å². The lowest BCUT2D eigenvalue weighted by Crippen LogP contribution is -2.69. The van der Waals surface area contributed by atoms with Crippen molar-refractivity contribution in [2.45, 2.75) is 18.8 Å². The lowest BCUT2D eigenvalue weighted by atomic mass is 10.1. The molecular weight excluding hydrogens is 399 g/mol. The molecule has 0 unspecified atom stereocenters. The molecule has 1 fully saturated rings. The third-order valence-electron chi connectivity index (χ3n) is 4.15. The van der Waals surface area contributed by atoms with Crippen LogP contribution in [0.5, 0.6) is 0 Å². The maximum atomic E-state index is 13.8. The van der Waals surface area contributed by atoms with Crippen molar-refractivity contribution < 1.29 is 27.6 Å². The highest BCUT2D eigenvalue weighted by molar-refractivity contribution is 6.31. The Morgan fingerprint density at radius 1 is 1.07 bits per heavy atom. The van der Waals surface area contributed by atoms with E-state index in [0.29, 0.717) is 4.90 Å². The molecule has 3 rings (SSSR count). The molecule has 1 aliphatic heterocycles. The Labute approximate surface area is 162 Å². The van der Waals surface area contributed by atoms with Crippen LogP contribution in [0.4, 0.5) is 23.7 Å². The summed E-state index contributed by atoms with van der Waals surface area (Å²) < 4.78 is 41.5. The van der Waals surface area contributed by atoms with Crippen LogP contribution in [0.15, 0.2) is 48.5 Å². The predicted molar refractivity (Wildman–Crippen MR) is 94.9 cm³/mol. The van der Waals surface area contributed by atoms with Crippen LogP contribution in [0.2, 0.25) is 5.02 Å². The van der Waals surface area contributed by atoms with E-state index in [1.165, 1.54) is 48.5 Å². The Morgan fingerprint density at radius 2 is 1.64 bits per heavy atom. The van der Waals surface area contributed by atoms with Crippen molar-refractivity contribution in [1.29, 1.82) is 0 Å². The molecular formula is C18H13ClF3N3O3. The van der Waals surface area contributed by atoms with Crippen LogP contribution in [0, 0.1) is 6.92 Å². The molecule has 0 saturated carbocycles. The molecule has 2 aromatic carbocycles. The number of benzene rings is 2. The van der Waals surface area contributed by atoms with Crippen LogP contribution in [0.3, 0.4) is 0 Å². The van der Waals surface area contributed by atoms with Crippen molar-refractivity contribution in [3.63, 3.8) is 0 Å². The number of rotatable bonds is 3. The van der Waals surface area contributed by atoms with Crippen molar-refractivity contribution in [3.8, 4) is 0 Å². The van der Waals surface area contributed by atoms with Gasteiger partial charge in [0.2, 0.25) is 0 Å². The Balaban J connectivity index is 1.99. The van der Waals surface area contributed by atoms with E-state index in [1.807, 2.05) is 0 Å². The molecule has 2 N–H and O–H groups in total. The predicted octanol–water partition coefficient (Wildman–Crippen LogP) is 3.39. The van der Waals surface area contributed by atoms with E-state index in [0.717, 1.165) is 5.56 Å². The van der Waals surface area contributed by atoms with Gasteiger partial charge in [0, 0.05) is 10.6 Å². The smallest absolute Gasteiger partial charge is 0.314 e. The van der Waals surface area contributed by atoms with Gasteiger partial charge in [0.25, 0.3) is 17.5 Å². The molecule has 146 valence electrons. The number of alkyl halides is 3. The second kappa shape index (κ2) is 6.83. The standard InChI is InChI=1S/C18H13ClF3N3O3/c1-10-2-4-11(5-3-10)14(26)23-17(18(20,21)22)15(27)25(16(28)24-17)13-8-6-12(19)7-9-13/h2-9H,1H3,(H,23,26)(H,24,28)/t17-/m0/s1. The summed E-state index contributed by atoms with van der Waals surface area (Å²) in [5.41, 5.74) is -3.02. The fourth-order valence-corrected chi connectivity index (χ4v) is 2.78. The largest absolute Gasteiger partial charge is 0.440 e. The number of imide groups is 1. The van der Waals surface area contributed by atoms with Crippen LogP contribution < -0.4 is 15.5 Å². The van der Waals surface area contributed by atoms with Gasteiger partial charge in [-0.25, -0.2) is 9.69 Å². The molecule has 1 aliphatic rings. The van der Waals surface area contributed by atoms with Gasteiger partial charge < -0.3 is 5.32 Å². The number of hydrogen-bond donors (Lipinski definition) is 2. The first kappa shape index (κ1) is 19.7. The number of aryl methyl sites for hydroxylation is 1. The third-order valence-corrected chi connectivity index (χ3v) is 4.40. The average Bonchev–Trinajstić information content (AvgIpc) is 2.87. The Hall–Kier alpha value is -3.07. The Bertz CT molecular complexity index is 945. The highest BCUT2D eigenvalue weighted by Gasteiger charge is 2.69. The van der Waals surface area contributed by atoms with Crippen molar-refractivity contribution in [3.05, 3.63) is 64.7 Å². The van der Waals surface area contributed by atoms with E-state index >= 15 is 0 Å². The molecule has 0 spiro atoms. The number of urea groups is 1. The maximum absolute atomic E-state index is 13.8. The van der Waals surface area contributed by atoms with E-state index in [9.17, 15) is 27.6 Å². The van der Waals surface area contributed by atoms with Gasteiger partial charge in [-0.3, -0.25) is 14.9 Å². The fourth-order valence-electron chi connectivity index (χ4n) is 2.65. The monoisotopic (exact) mass is 411 g/mol. The number of halogens is 4. The van der Waals surface area contributed by atoms with Gasteiger partial charge >= 0.3 is 12.2 Å². The fraction of sp³-hybridized carbons (Fsp3) is 0.167. The highest BCUT2D eigenvalue weighted by atomic mass is 35.5. The normalized spacial score (nSPS) is 19.5. The van der Waals surface area contributed by atoms with Crippen molar-refractivity contribution >= 4 is 35.1 Å². The number of carbonyl (C=O) groups is 3. The molecule has 2 aromatic rings. The molecule has 1 saturated heterocycles. The van der Waals surface area contributed by atoms with E-state index in [1.54, 1.807) is 17.6 Å². The zero-order valence-electron chi connectivity index (χ0n) is 14.3. The van der Waals surface area contributed by atoms with Gasteiger partial charge in [0.15, 0.2) is 0 Å². The van der Waals surface area contributed by atoms with E-state index in [-0.39, 0.29) is 16.3 Å². The van der Waals surface area contributed by atoms with E-state index in [4.69, 9.17) is 11.6 Å². The lowest BCUT2D eigenvalue weighted by Gasteiger charge is -2.29. The quantitative estimate of drug-likeness (QED) is 0.760. The molecule has 0 aliphatic carbocycles. The number of amides is 4. The summed E-state index contributed by atoms with van der Waals surface area (Å²) in [6.45, 7) is 1.74. The summed E-state index contributed by atoms with van der Waals surface area (Å²) in [7, 11) is 0. The van der Waals surface area contributed by atoms with Gasteiger partial charge in [-0.15, -0.1) is 0 Å². The minimum atomic E-state index is -5.29. The summed E-state index contributed by atoms with van der Waals surface area (Å²) >= 11 is 5.73. The highest BCUT2D eigenvalue weighted by Crippen LogP contribution is 2.36. The lowest BCUT2D eigenvalue weighted by molar-refractivity contribution is -0.197. The number of nitrogens with one attached hydrogen (secondary N) is 2. The second-order valence-corrected chi connectivity index (χ2v) is 6.55. The minimum absolute atomic E-state index is 0.0961. The number of anilines is 1. The molecule has 1 atom stereocenters. The van der Waals surface area contributed by atoms with Crippen LogP contribution in [-0.2, 0) is 4.79 Å². The van der Waals surface area contributed by atoms with Crippen LogP contribution in [-0.4, -0.2) is 29.7 Å². The van der Waals surface area contributed by atoms with Gasteiger partial charge in [-0.05, 0) is 43.3 Å². The number of hydrogen-bond acceptors (Lipinski definition) is 3. The first-order chi connectivity index (χ1) is 13.0. The molecule has 28 heavy (non-hydrogen) atoms. The topological polar surface area (TPSA) is 78.5 Å². The van der Waals surface area contributed by atoms with Crippen molar-refractivity contribution in [2.24, 2.45) is 0 Å². The Kier molecular flexibility index (Phi) is 4.80. The van der Waals surface area contributed by atoms with Gasteiger partial charge in [-0.1, -0.05) is 29.3 Å². The van der Waals surface area contributed by atoms with Crippen molar-refractivity contribution in [2.75, 3.05) is 4.90 Å². The average molecular weight is 412 g/mol. The summed E-state index contributed by atoms with van der Waals surface area (Å²) in [5, 5.41) is 3.50. The first-order valence-electron chi connectivity index (χ1n) is 7.93. The maximum Gasteiger partial charge on any atom is 0.440 e. The molecule has 10 heteroatoms. The summed E-state index contributed by atoms with van der Waals surface area (Å²) in [6, 6.07) is 9.43. The summed E-state index contributed by atoms with van der Waals surface area (Å²) in [4.78, 5) is 37.5. The molecule has 1 heterocycles.